The molecule has 2 aromatic heterocycles. The normalized spacial score (nSPS) is 11.4. The van der Waals surface area contributed by atoms with Crippen LogP contribution in [-0.4, -0.2) is 19.9 Å². The van der Waals surface area contributed by atoms with Gasteiger partial charge in [0.1, 0.15) is 5.52 Å². The first-order chi connectivity index (χ1) is 29.2. The van der Waals surface area contributed by atoms with Crippen LogP contribution < -0.4 is 0 Å². The monoisotopic (exact) mass is 754 g/mol. The van der Waals surface area contributed by atoms with Gasteiger partial charge in [0.05, 0.1) is 0 Å². The summed E-state index contributed by atoms with van der Waals surface area (Å²) in [6.45, 7) is 0. The lowest BCUT2D eigenvalue weighted by Crippen LogP contribution is -2.01. The Kier molecular flexibility index (Phi) is 8.41. The Hall–Kier alpha value is -8.02. The first-order valence-electron chi connectivity index (χ1n) is 19.7. The molecule has 9 aromatic carbocycles. The molecule has 59 heavy (non-hydrogen) atoms. The van der Waals surface area contributed by atoms with E-state index in [4.69, 9.17) is 24.4 Å². The molecule has 11 rings (SSSR count). The molecule has 11 aromatic rings. The second-order valence-electron chi connectivity index (χ2n) is 14.6. The van der Waals surface area contributed by atoms with Crippen molar-refractivity contribution in [3.63, 3.8) is 0 Å². The lowest BCUT2D eigenvalue weighted by atomic mass is 9.91. The Bertz CT molecular complexity index is 3190. The van der Waals surface area contributed by atoms with Gasteiger partial charge in [-0.3, -0.25) is 0 Å². The van der Waals surface area contributed by atoms with Gasteiger partial charge in [-0.15, -0.1) is 0 Å². The molecule has 0 aliphatic heterocycles. The SMILES string of the molecule is c1ccc(-c2ccc(-c3nc(-c4ccc(-c5ccccc5)cc4)nc(-c4ccc(-c5cccc6ccc7nc(-c8ccccc8)oc7c56)c5ccccc45)n3)cc2)cc1. The smallest absolute Gasteiger partial charge is 0.227 e. The highest BCUT2D eigenvalue weighted by atomic mass is 16.3. The second-order valence-corrected chi connectivity index (χ2v) is 14.6. The van der Waals surface area contributed by atoms with Gasteiger partial charge in [-0.1, -0.05) is 182 Å². The maximum absolute atomic E-state index is 6.57. The zero-order valence-electron chi connectivity index (χ0n) is 31.8. The molecule has 0 bridgehead atoms. The lowest BCUT2D eigenvalue weighted by Gasteiger charge is -2.14. The summed E-state index contributed by atoms with van der Waals surface area (Å²) < 4.78 is 6.57. The maximum atomic E-state index is 6.57. The zero-order chi connectivity index (χ0) is 39.1. The van der Waals surface area contributed by atoms with Gasteiger partial charge < -0.3 is 4.42 Å². The number of aromatic nitrogens is 4. The van der Waals surface area contributed by atoms with Crippen molar-refractivity contribution >= 4 is 32.6 Å². The fourth-order valence-electron chi connectivity index (χ4n) is 8.05. The molecule has 0 saturated carbocycles. The van der Waals surface area contributed by atoms with Crippen molar-refractivity contribution in [2.75, 3.05) is 0 Å². The molecule has 0 unspecified atom stereocenters. The van der Waals surface area contributed by atoms with E-state index in [1.807, 2.05) is 48.5 Å². The van der Waals surface area contributed by atoms with Gasteiger partial charge in [0, 0.05) is 27.6 Å². The summed E-state index contributed by atoms with van der Waals surface area (Å²) in [6.07, 6.45) is 0. The topological polar surface area (TPSA) is 64.7 Å². The fourth-order valence-corrected chi connectivity index (χ4v) is 8.05. The van der Waals surface area contributed by atoms with Gasteiger partial charge in [0.25, 0.3) is 0 Å². The molecular formula is C54H34N4O. The Morgan fingerprint density at radius 3 is 1.36 bits per heavy atom. The molecule has 0 N–H and O–H groups in total. The van der Waals surface area contributed by atoms with Crippen LogP contribution in [0.5, 0.6) is 0 Å². The first-order valence-corrected chi connectivity index (χ1v) is 19.7. The van der Waals surface area contributed by atoms with E-state index in [1.165, 1.54) is 0 Å². The van der Waals surface area contributed by atoms with E-state index in [0.717, 1.165) is 88.3 Å². The molecule has 2 heterocycles. The Labute approximate surface area is 341 Å². The van der Waals surface area contributed by atoms with Crippen molar-refractivity contribution in [1.82, 2.24) is 19.9 Å². The van der Waals surface area contributed by atoms with Gasteiger partial charge in [-0.2, -0.15) is 0 Å². The summed E-state index contributed by atoms with van der Waals surface area (Å²) in [5.74, 6) is 2.44. The van der Waals surface area contributed by atoms with Gasteiger partial charge in [-0.25, -0.2) is 19.9 Å². The van der Waals surface area contributed by atoms with E-state index < -0.39 is 0 Å². The number of hydrogen-bond acceptors (Lipinski definition) is 5. The molecule has 0 aliphatic rings. The van der Waals surface area contributed by atoms with Gasteiger partial charge in [0.15, 0.2) is 23.1 Å². The zero-order valence-corrected chi connectivity index (χ0v) is 31.8. The predicted octanol–water partition coefficient (Wildman–Crippen LogP) is 14.0. The van der Waals surface area contributed by atoms with Crippen molar-refractivity contribution in [2.45, 2.75) is 0 Å². The lowest BCUT2D eigenvalue weighted by molar-refractivity contribution is 0.623. The van der Waals surface area contributed by atoms with Crippen molar-refractivity contribution in [2.24, 2.45) is 0 Å². The quantitative estimate of drug-likeness (QED) is 0.162. The van der Waals surface area contributed by atoms with Crippen LogP contribution in [0.4, 0.5) is 0 Å². The van der Waals surface area contributed by atoms with Crippen molar-refractivity contribution < 1.29 is 4.42 Å². The average molecular weight is 755 g/mol. The molecule has 0 amide bonds. The van der Waals surface area contributed by atoms with Gasteiger partial charge >= 0.3 is 0 Å². The Balaban J connectivity index is 1.07. The molecule has 276 valence electrons. The third kappa shape index (κ3) is 6.32. The highest BCUT2D eigenvalue weighted by Crippen LogP contribution is 2.41. The number of nitrogens with zero attached hydrogens (tertiary/aromatic N) is 4. The fraction of sp³-hybridized carbons (Fsp3) is 0. The standard InChI is InChI=1S/C54H34N4O/c1-4-13-35(14-5-1)37-23-27-40(28-24-37)51-56-52(41-29-25-38(26-30-41)36-15-6-2-7-16-36)58-53(57-51)47-33-32-45(43-20-10-11-21-44(43)47)46-22-12-19-39-31-34-48-50(49(39)46)59-54(55-48)42-17-8-3-9-18-42/h1-34H. The molecule has 0 atom stereocenters. The van der Waals surface area contributed by atoms with Crippen LogP contribution in [-0.2, 0) is 0 Å². The third-order valence-corrected chi connectivity index (χ3v) is 11.0. The van der Waals surface area contributed by atoms with Crippen molar-refractivity contribution in [1.29, 1.82) is 0 Å². The first kappa shape index (κ1) is 34.2. The number of benzene rings is 9. The van der Waals surface area contributed by atoms with E-state index in [9.17, 15) is 0 Å². The molecule has 0 aliphatic carbocycles. The minimum absolute atomic E-state index is 0.606. The summed E-state index contributed by atoms with van der Waals surface area (Å²) in [5.41, 5.74) is 12.0. The molecular weight excluding hydrogens is 721 g/mol. The maximum Gasteiger partial charge on any atom is 0.227 e. The Morgan fingerprint density at radius 2 is 0.763 bits per heavy atom. The van der Waals surface area contributed by atoms with E-state index in [2.05, 4.69) is 158 Å². The minimum atomic E-state index is 0.606. The summed E-state index contributed by atoms with van der Waals surface area (Å²) in [4.78, 5) is 20.4. The number of rotatable bonds is 7. The van der Waals surface area contributed by atoms with E-state index >= 15 is 0 Å². The summed E-state index contributed by atoms with van der Waals surface area (Å²) in [6, 6.07) is 71.2. The van der Waals surface area contributed by atoms with Gasteiger partial charge in [0.2, 0.25) is 5.89 Å². The van der Waals surface area contributed by atoms with E-state index in [-0.39, 0.29) is 0 Å². The number of fused-ring (bicyclic) bond motifs is 4. The predicted molar refractivity (Wildman–Crippen MR) is 240 cm³/mol. The average Bonchev–Trinajstić information content (AvgIpc) is 3.77. The highest BCUT2D eigenvalue weighted by Gasteiger charge is 2.19. The molecule has 5 nitrogen and oxygen atoms in total. The number of oxazole rings is 1. The Morgan fingerprint density at radius 1 is 0.288 bits per heavy atom. The van der Waals surface area contributed by atoms with Crippen LogP contribution in [0, 0.1) is 0 Å². The van der Waals surface area contributed by atoms with Crippen LogP contribution >= 0.6 is 0 Å². The van der Waals surface area contributed by atoms with Crippen LogP contribution in [0.3, 0.4) is 0 Å². The molecule has 0 radical (unpaired) electrons. The summed E-state index contributed by atoms with van der Waals surface area (Å²) >= 11 is 0. The molecule has 0 saturated heterocycles. The van der Waals surface area contributed by atoms with Crippen LogP contribution in [0.25, 0.3) is 112 Å². The molecule has 0 spiro atoms. The van der Waals surface area contributed by atoms with Crippen molar-refractivity contribution in [3.05, 3.63) is 206 Å². The largest absolute Gasteiger partial charge is 0.435 e. The van der Waals surface area contributed by atoms with E-state index in [0.29, 0.717) is 23.4 Å². The summed E-state index contributed by atoms with van der Waals surface area (Å²) in [7, 11) is 0. The minimum Gasteiger partial charge on any atom is -0.435 e. The second kappa shape index (κ2) is 14.5. The van der Waals surface area contributed by atoms with Gasteiger partial charge in [-0.05, 0) is 73.8 Å². The highest BCUT2D eigenvalue weighted by molar-refractivity contribution is 6.15. The third-order valence-electron chi connectivity index (χ3n) is 11.0. The van der Waals surface area contributed by atoms with Crippen LogP contribution in [0.1, 0.15) is 0 Å². The molecule has 0 fully saturated rings. The molecule has 5 heteroatoms. The number of hydrogen-bond donors (Lipinski definition) is 0. The van der Waals surface area contributed by atoms with Crippen LogP contribution in [0.15, 0.2) is 211 Å². The van der Waals surface area contributed by atoms with Crippen molar-refractivity contribution in [3.8, 4) is 79.0 Å². The van der Waals surface area contributed by atoms with E-state index in [1.54, 1.807) is 0 Å². The van der Waals surface area contributed by atoms with Crippen LogP contribution in [0.2, 0.25) is 0 Å². The summed E-state index contributed by atoms with van der Waals surface area (Å²) in [5, 5.41) is 4.24.